The van der Waals surface area contributed by atoms with Gasteiger partial charge in [0.05, 0.1) is 11.3 Å². The van der Waals surface area contributed by atoms with Crippen LogP contribution in [0, 0.1) is 11.6 Å². The second kappa shape index (κ2) is 10.7. The van der Waals surface area contributed by atoms with Crippen LogP contribution in [0.1, 0.15) is 22.8 Å². The Bertz CT molecular complexity index is 1840. The molecule has 5 aromatic rings. The summed E-state index contributed by atoms with van der Waals surface area (Å²) in [4.78, 5) is 20.6. The minimum atomic E-state index is -4.10. The number of H-pyrrole nitrogens is 1. The summed E-state index contributed by atoms with van der Waals surface area (Å²) in [6.45, 7) is 1.72. The number of anilines is 2. The van der Waals surface area contributed by atoms with Crippen molar-refractivity contribution in [1.29, 1.82) is 0 Å². The molecule has 5 rings (SSSR count). The van der Waals surface area contributed by atoms with Crippen molar-refractivity contribution in [2.24, 2.45) is 0 Å². The Labute approximate surface area is 232 Å². The molecule has 0 amide bonds. The first-order chi connectivity index (χ1) is 19.1. The van der Waals surface area contributed by atoms with E-state index in [1.165, 1.54) is 24.6 Å². The van der Waals surface area contributed by atoms with Gasteiger partial charge in [0.25, 0.3) is 0 Å². The van der Waals surface area contributed by atoms with Crippen molar-refractivity contribution < 1.29 is 22.0 Å². The van der Waals surface area contributed by atoms with E-state index in [2.05, 4.69) is 30.2 Å². The number of halogens is 2. The van der Waals surface area contributed by atoms with Crippen molar-refractivity contribution in [2.45, 2.75) is 6.92 Å². The monoisotopic (exact) mass is 583 g/mol. The highest BCUT2D eigenvalue weighted by atomic mass is 32.2. The van der Waals surface area contributed by atoms with Crippen LogP contribution in [0.25, 0.3) is 32.7 Å². The SMILES string of the molecule is CCN(C)S(=O)(=O)Nc1ccc(F)c(C(=O)c2c[nH]c3ncc(-c4ccc(-c5nnc(NC)s5)cc4)cc23)c1F. The Morgan fingerprint density at radius 2 is 1.80 bits per heavy atom. The molecule has 0 aliphatic carbocycles. The van der Waals surface area contributed by atoms with Gasteiger partial charge in [-0.15, -0.1) is 10.2 Å². The van der Waals surface area contributed by atoms with Crippen LogP contribution in [0.15, 0.2) is 54.9 Å². The number of rotatable bonds is 9. The summed E-state index contributed by atoms with van der Waals surface area (Å²) in [5.41, 5.74) is 1.25. The highest BCUT2D eigenvalue weighted by Gasteiger charge is 2.27. The van der Waals surface area contributed by atoms with Gasteiger partial charge in [0.15, 0.2) is 5.82 Å². The first kappa shape index (κ1) is 27.3. The quantitative estimate of drug-likeness (QED) is 0.210. The molecule has 0 atom stereocenters. The molecule has 3 N–H and O–H groups in total. The third-order valence-corrected chi connectivity index (χ3v) is 8.84. The molecule has 0 unspecified atom stereocenters. The van der Waals surface area contributed by atoms with E-state index in [1.54, 1.807) is 26.2 Å². The Hall–Kier alpha value is -4.27. The van der Waals surface area contributed by atoms with Crippen LogP contribution in [-0.4, -0.2) is 59.3 Å². The average molecular weight is 584 g/mol. The number of pyridine rings is 1. The number of hydrogen-bond acceptors (Lipinski definition) is 8. The number of nitrogens with one attached hydrogen (secondary N) is 3. The second-order valence-corrected chi connectivity index (χ2v) is 11.5. The van der Waals surface area contributed by atoms with Gasteiger partial charge in [0, 0.05) is 55.1 Å². The smallest absolute Gasteiger partial charge is 0.301 e. The van der Waals surface area contributed by atoms with Gasteiger partial charge < -0.3 is 10.3 Å². The lowest BCUT2D eigenvalue weighted by molar-refractivity contribution is 0.103. The Kier molecular flexibility index (Phi) is 7.31. The van der Waals surface area contributed by atoms with E-state index in [0.717, 1.165) is 32.6 Å². The van der Waals surface area contributed by atoms with E-state index < -0.39 is 38.9 Å². The fourth-order valence-corrected chi connectivity index (χ4v) is 5.59. The van der Waals surface area contributed by atoms with Gasteiger partial charge in [-0.25, -0.2) is 13.8 Å². The highest BCUT2D eigenvalue weighted by Crippen LogP contribution is 2.32. The number of carbonyl (C=O) groups is 1. The molecule has 14 heteroatoms. The van der Waals surface area contributed by atoms with Crippen molar-refractivity contribution in [3.8, 4) is 21.7 Å². The van der Waals surface area contributed by atoms with Crippen molar-refractivity contribution in [3.05, 3.63) is 77.6 Å². The molecule has 3 aromatic heterocycles. The lowest BCUT2D eigenvalue weighted by Crippen LogP contribution is -2.32. The van der Waals surface area contributed by atoms with E-state index in [0.29, 0.717) is 21.7 Å². The third-order valence-electron chi connectivity index (χ3n) is 6.29. The molecule has 0 saturated carbocycles. The topological polar surface area (TPSA) is 133 Å². The van der Waals surface area contributed by atoms with E-state index in [4.69, 9.17) is 0 Å². The summed E-state index contributed by atoms with van der Waals surface area (Å²) >= 11 is 1.41. The first-order valence-electron chi connectivity index (χ1n) is 12.0. The van der Waals surface area contributed by atoms with Gasteiger partial charge in [-0.2, -0.15) is 12.7 Å². The number of carbonyl (C=O) groups excluding carboxylic acids is 1. The van der Waals surface area contributed by atoms with Crippen LogP contribution < -0.4 is 10.0 Å². The minimum Gasteiger partial charge on any atom is -0.363 e. The molecule has 40 heavy (non-hydrogen) atoms. The lowest BCUT2D eigenvalue weighted by atomic mass is 9.99. The first-order valence-corrected chi connectivity index (χ1v) is 14.2. The number of benzene rings is 2. The standard InChI is InChI=1S/C26H23F2N7O3S2/c1-4-35(3)40(37,38)34-20-10-9-19(27)21(22(20)28)23(36)18-13-31-24-17(18)11-16(12-30-24)14-5-7-15(8-6-14)25-32-33-26(29-2)39-25/h5-13,34H,4H2,1-3H3,(H,29,33)(H,30,31). The summed E-state index contributed by atoms with van der Waals surface area (Å²) in [7, 11) is -1.03. The summed E-state index contributed by atoms with van der Waals surface area (Å²) in [5.74, 6) is -3.40. The molecule has 0 spiro atoms. The van der Waals surface area contributed by atoms with Crippen LogP contribution in [-0.2, 0) is 10.2 Å². The Morgan fingerprint density at radius 3 is 2.48 bits per heavy atom. The maximum atomic E-state index is 15.4. The molecule has 0 aliphatic rings. The average Bonchev–Trinajstić information content (AvgIpc) is 3.61. The molecule has 206 valence electrons. The summed E-state index contributed by atoms with van der Waals surface area (Å²) in [6.07, 6.45) is 2.94. The number of nitrogens with zero attached hydrogens (tertiary/aromatic N) is 4. The zero-order valence-corrected chi connectivity index (χ0v) is 23.1. The summed E-state index contributed by atoms with van der Waals surface area (Å²) in [6, 6.07) is 11.0. The molecule has 0 radical (unpaired) electrons. The van der Waals surface area contributed by atoms with E-state index in [1.807, 2.05) is 24.3 Å². The Balaban J connectivity index is 1.49. The van der Waals surface area contributed by atoms with Gasteiger partial charge in [0.1, 0.15) is 16.5 Å². The molecule has 0 fully saturated rings. The third kappa shape index (κ3) is 5.03. The van der Waals surface area contributed by atoms with E-state index >= 15 is 4.39 Å². The van der Waals surface area contributed by atoms with Gasteiger partial charge in [0.2, 0.25) is 10.9 Å². The molecule has 2 aromatic carbocycles. The highest BCUT2D eigenvalue weighted by molar-refractivity contribution is 7.90. The molecule has 10 nitrogen and oxygen atoms in total. The zero-order valence-electron chi connectivity index (χ0n) is 21.5. The predicted molar refractivity (Wildman–Crippen MR) is 151 cm³/mol. The summed E-state index contributed by atoms with van der Waals surface area (Å²) in [5, 5.41) is 12.9. The predicted octanol–water partition coefficient (Wildman–Crippen LogP) is 4.91. The van der Waals surface area contributed by atoms with Gasteiger partial charge in [-0.05, 0) is 23.8 Å². The van der Waals surface area contributed by atoms with Gasteiger partial charge in [-0.3, -0.25) is 9.52 Å². The molecule has 0 saturated heterocycles. The number of fused-ring (bicyclic) bond motifs is 1. The van der Waals surface area contributed by atoms with Crippen LogP contribution in [0.4, 0.5) is 19.6 Å². The van der Waals surface area contributed by atoms with Gasteiger partial charge in [-0.1, -0.05) is 42.5 Å². The number of ketones is 1. The van der Waals surface area contributed by atoms with E-state index in [9.17, 15) is 17.6 Å². The maximum absolute atomic E-state index is 15.4. The van der Waals surface area contributed by atoms with Crippen LogP contribution in [0.3, 0.4) is 0 Å². The normalized spacial score (nSPS) is 11.8. The Morgan fingerprint density at radius 1 is 1.07 bits per heavy atom. The van der Waals surface area contributed by atoms with Gasteiger partial charge >= 0.3 is 10.2 Å². The van der Waals surface area contributed by atoms with Crippen LogP contribution in [0.5, 0.6) is 0 Å². The van der Waals surface area contributed by atoms with Crippen molar-refractivity contribution in [3.63, 3.8) is 0 Å². The molecular formula is C26H23F2N7O3S2. The molecule has 3 heterocycles. The number of aromatic nitrogens is 4. The van der Waals surface area contributed by atoms with Crippen molar-refractivity contribution >= 4 is 49.2 Å². The largest absolute Gasteiger partial charge is 0.363 e. The summed E-state index contributed by atoms with van der Waals surface area (Å²) < 4.78 is 58.0. The van der Waals surface area contributed by atoms with Crippen molar-refractivity contribution in [2.75, 3.05) is 30.7 Å². The van der Waals surface area contributed by atoms with Crippen LogP contribution in [0.2, 0.25) is 0 Å². The number of aromatic amines is 1. The minimum absolute atomic E-state index is 0.0158. The fourth-order valence-electron chi connectivity index (χ4n) is 3.96. The maximum Gasteiger partial charge on any atom is 0.301 e. The second-order valence-electron chi connectivity index (χ2n) is 8.70. The lowest BCUT2D eigenvalue weighted by Gasteiger charge is -2.17. The number of hydrogen-bond donors (Lipinski definition) is 3. The van der Waals surface area contributed by atoms with Crippen molar-refractivity contribution in [1.82, 2.24) is 24.5 Å². The molecule has 0 bridgehead atoms. The fraction of sp³-hybridized carbons (Fsp3) is 0.154. The molecular weight excluding hydrogens is 560 g/mol. The zero-order chi connectivity index (χ0) is 28.6. The van der Waals surface area contributed by atoms with E-state index in [-0.39, 0.29) is 12.1 Å². The molecule has 0 aliphatic heterocycles. The van der Waals surface area contributed by atoms with Crippen LogP contribution >= 0.6 is 11.3 Å².